The van der Waals surface area contributed by atoms with Gasteiger partial charge in [-0.05, 0) is 37.1 Å². The molecule has 2 aromatic rings. The Hall–Kier alpha value is -2.96. The first-order chi connectivity index (χ1) is 13.2. The molecule has 4 rings (SSSR count). The van der Waals surface area contributed by atoms with Crippen LogP contribution in [-0.2, 0) is 0 Å². The average Bonchev–Trinajstić information content (AvgIpc) is 3.23. The van der Waals surface area contributed by atoms with Crippen molar-refractivity contribution in [2.75, 3.05) is 43.5 Å². The quantitative estimate of drug-likeness (QED) is 0.899. The number of pyridine rings is 1. The molecule has 1 N–H and O–H groups in total. The van der Waals surface area contributed by atoms with Crippen LogP contribution < -0.4 is 19.7 Å². The zero-order valence-electron chi connectivity index (χ0n) is 15.4. The highest BCUT2D eigenvalue weighted by Crippen LogP contribution is 2.31. The number of aromatic nitrogens is 1. The van der Waals surface area contributed by atoms with Crippen LogP contribution in [0.5, 0.6) is 11.5 Å². The molecule has 2 aliphatic heterocycles. The first-order valence-electron chi connectivity index (χ1n) is 9.31. The highest BCUT2D eigenvalue weighted by atomic mass is 16.6. The van der Waals surface area contributed by atoms with E-state index in [1.165, 1.54) is 0 Å². The summed E-state index contributed by atoms with van der Waals surface area (Å²) in [6.45, 7) is 2.80. The van der Waals surface area contributed by atoms with E-state index in [4.69, 9.17) is 9.47 Å². The number of anilines is 2. The monoisotopic (exact) mass is 368 g/mol. The van der Waals surface area contributed by atoms with Gasteiger partial charge in [0.05, 0.1) is 12.2 Å². The molecule has 2 aliphatic rings. The largest absolute Gasteiger partial charge is 0.486 e. The first-order valence-corrected chi connectivity index (χ1v) is 9.31. The summed E-state index contributed by atoms with van der Waals surface area (Å²) in [4.78, 5) is 21.0. The molecule has 0 spiro atoms. The maximum Gasteiger partial charge on any atom is 0.321 e. The van der Waals surface area contributed by atoms with Crippen LogP contribution in [0.1, 0.15) is 12.8 Å². The van der Waals surface area contributed by atoms with Crippen LogP contribution in [0.4, 0.5) is 16.3 Å². The number of hydrogen-bond donors (Lipinski definition) is 1. The van der Waals surface area contributed by atoms with E-state index in [0.717, 1.165) is 43.2 Å². The van der Waals surface area contributed by atoms with Crippen molar-refractivity contribution < 1.29 is 14.3 Å². The number of nitrogens with zero attached hydrogens (tertiary/aromatic N) is 3. The van der Waals surface area contributed by atoms with Gasteiger partial charge in [0.2, 0.25) is 0 Å². The zero-order valence-corrected chi connectivity index (χ0v) is 15.4. The van der Waals surface area contributed by atoms with E-state index in [1.807, 2.05) is 36.4 Å². The Morgan fingerprint density at radius 2 is 2.00 bits per heavy atom. The first kappa shape index (κ1) is 17.5. The van der Waals surface area contributed by atoms with E-state index in [9.17, 15) is 4.79 Å². The fourth-order valence-electron chi connectivity index (χ4n) is 3.43. The number of carbonyl (C=O) groups is 1. The molecular formula is C20H24N4O3. The lowest BCUT2D eigenvalue weighted by Crippen LogP contribution is -2.43. The van der Waals surface area contributed by atoms with Gasteiger partial charge in [-0.3, -0.25) is 0 Å². The molecule has 0 radical (unpaired) electrons. The topological polar surface area (TPSA) is 66.9 Å². The van der Waals surface area contributed by atoms with Crippen molar-refractivity contribution in [1.29, 1.82) is 0 Å². The molecule has 1 fully saturated rings. The second-order valence-corrected chi connectivity index (χ2v) is 6.88. The summed E-state index contributed by atoms with van der Waals surface area (Å²) in [7, 11) is 1.76. The number of carbonyl (C=O) groups excluding carboxylic acids is 1. The lowest BCUT2D eigenvalue weighted by atomic mass is 10.2. The number of hydrogen-bond acceptors (Lipinski definition) is 5. The number of ether oxygens (including phenoxy) is 2. The number of nitrogens with one attached hydrogen (secondary N) is 1. The number of rotatable bonds is 4. The van der Waals surface area contributed by atoms with Crippen molar-refractivity contribution in [1.82, 2.24) is 9.88 Å². The lowest BCUT2D eigenvalue weighted by molar-refractivity contribution is 0.0731. The normalized spacial score (nSPS) is 18.3. The molecule has 0 bridgehead atoms. The van der Waals surface area contributed by atoms with Crippen molar-refractivity contribution in [2.24, 2.45) is 0 Å². The predicted octanol–water partition coefficient (Wildman–Crippen LogP) is 2.99. The van der Waals surface area contributed by atoms with Crippen molar-refractivity contribution >= 4 is 17.5 Å². The number of fused-ring (bicyclic) bond motifs is 1. The number of likely N-dealkylation sites (N-methyl/N-ethyl adjacent to an activating group) is 1. The maximum absolute atomic E-state index is 12.7. The number of benzene rings is 1. The minimum absolute atomic E-state index is 0.189. The van der Waals surface area contributed by atoms with E-state index in [0.29, 0.717) is 18.9 Å². The van der Waals surface area contributed by atoms with Crippen molar-refractivity contribution in [3.63, 3.8) is 0 Å². The van der Waals surface area contributed by atoms with Crippen LogP contribution >= 0.6 is 0 Å². The molecule has 0 aliphatic carbocycles. The molecule has 2 amide bonds. The molecule has 7 heteroatoms. The molecule has 1 aromatic heterocycles. The van der Waals surface area contributed by atoms with E-state index < -0.39 is 0 Å². The van der Waals surface area contributed by atoms with Crippen LogP contribution in [-0.4, -0.2) is 55.3 Å². The van der Waals surface area contributed by atoms with E-state index in [-0.39, 0.29) is 12.1 Å². The second-order valence-electron chi connectivity index (χ2n) is 6.88. The minimum atomic E-state index is -0.206. The Bertz CT molecular complexity index is 807. The maximum atomic E-state index is 12.7. The number of para-hydroxylation sites is 2. The molecule has 3 heterocycles. The fraction of sp³-hybridized carbons (Fsp3) is 0.400. The van der Waals surface area contributed by atoms with E-state index >= 15 is 0 Å². The summed E-state index contributed by atoms with van der Waals surface area (Å²) in [5, 5.41) is 2.98. The van der Waals surface area contributed by atoms with Gasteiger partial charge in [-0.15, -0.1) is 0 Å². The average molecular weight is 368 g/mol. The Balaban J connectivity index is 1.38. The molecule has 7 nitrogen and oxygen atoms in total. The van der Waals surface area contributed by atoms with Crippen LogP contribution in [0, 0.1) is 0 Å². The van der Waals surface area contributed by atoms with Gasteiger partial charge in [-0.2, -0.15) is 0 Å². The smallest absolute Gasteiger partial charge is 0.321 e. The van der Waals surface area contributed by atoms with Gasteiger partial charge >= 0.3 is 6.03 Å². The fourth-order valence-corrected chi connectivity index (χ4v) is 3.43. The Labute approximate surface area is 158 Å². The molecule has 1 atom stereocenters. The van der Waals surface area contributed by atoms with Crippen molar-refractivity contribution in [3.05, 3.63) is 42.6 Å². The summed E-state index contributed by atoms with van der Waals surface area (Å²) in [6, 6.07) is 11.1. The number of amides is 2. The standard InChI is InChI=1S/C20H24N4O3/c1-23(13-15-14-26-17-8-2-3-9-18(17)27-15)20(25)22-16-7-6-10-21-19(16)24-11-4-5-12-24/h2-3,6-10,15H,4-5,11-14H2,1H3,(H,22,25). The third-order valence-electron chi connectivity index (χ3n) is 4.83. The summed E-state index contributed by atoms with van der Waals surface area (Å²) in [5.74, 6) is 2.29. The molecule has 0 saturated carbocycles. The summed E-state index contributed by atoms with van der Waals surface area (Å²) in [5.41, 5.74) is 0.738. The van der Waals surface area contributed by atoms with Gasteiger partial charge in [-0.25, -0.2) is 9.78 Å². The molecule has 27 heavy (non-hydrogen) atoms. The molecule has 1 aromatic carbocycles. The van der Waals surface area contributed by atoms with Crippen LogP contribution in [0.2, 0.25) is 0 Å². The van der Waals surface area contributed by atoms with Gasteiger partial charge in [-0.1, -0.05) is 12.1 Å². The highest BCUT2D eigenvalue weighted by molar-refractivity contribution is 5.92. The SMILES string of the molecule is CN(CC1COc2ccccc2O1)C(=O)Nc1cccnc1N1CCCC1. The third kappa shape index (κ3) is 3.92. The van der Waals surface area contributed by atoms with E-state index in [2.05, 4.69) is 15.2 Å². The minimum Gasteiger partial charge on any atom is -0.486 e. The van der Waals surface area contributed by atoms with Gasteiger partial charge in [0.15, 0.2) is 23.4 Å². The Morgan fingerprint density at radius 1 is 1.22 bits per heavy atom. The van der Waals surface area contributed by atoms with Crippen LogP contribution in [0.25, 0.3) is 0 Å². The molecule has 1 saturated heterocycles. The Morgan fingerprint density at radius 3 is 2.81 bits per heavy atom. The van der Waals surface area contributed by atoms with Crippen molar-refractivity contribution in [3.8, 4) is 11.5 Å². The van der Waals surface area contributed by atoms with Gasteiger partial charge in [0, 0.05) is 26.3 Å². The molecule has 142 valence electrons. The molecule has 1 unspecified atom stereocenters. The second kappa shape index (κ2) is 7.73. The van der Waals surface area contributed by atoms with Crippen LogP contribution in [0.15, 0.2) is 42.6 Å². The van der Waals surface area contributed by atoms with Gasteiger partial charge in [0.1, 0.15) is 6.61 Å². The highest BCUT2D eigenvalue weighted by Gasteiger charge is 2.24. The van der Waals surface area contributed by atoms with Crippen molar-refractivity contribution in [2.45, 2.75) is 18.9 Å². The zero-order chi connectivity index (χ0) is 18.6. The predicted molar refractivity (Wildman–Crippen MR) is 104 cm³/mol. The lowest BCUT2D eigenvalue weighted by Gasteiger charge is -2.30. The van der Waals surface area contributed by atoms with Gasteiger partial charge < -0.3 is 24.6 Å². The van der Waals surface area contributed by atoms with Gasteiger partial charge in [0.25, 0.3) is 0 Å². The number of urea groups is 1. The summed E-state index contributed by atoms with van der Waals surface area (Å²) in [6.07, 6.45) is 3.87. The Kier molecular flexibility index (Phi) is 5.00. The summed E-state index contributed by atoms with van der Waals surface area (Å²) >= 11 is 0. The van der Waals surface area contributed by atoms with Crippen LogP contribution in [0.3, 0.4) is 0 Å². The summed E-state index contributed by atoms with van der Waals surface area (Å²) < 4.78 is 11.7. The van der Waals surface area contributed by atoms with E-state index in [1.54, 1.807) is 18.1 Å². The third-order valence-corrected chi connectivity index (χ3v) is 4.83. The molecular weight excluding hydrogens is 344 g/mol.